The van der Waals surface area contributed by atoms with Crippen molar-refractivity contribution in [1.29, 1.82) is 5.26 Å². The largest absolute Gasteiger partial charge is 0.352 e. The maximum absolute atomic E-state index is 10.8. The summed E-state index contributed by atoms with van der Waals surface area (Å²) in [5.74, 6) is 1.28. The van der Waals surface area contributed by atoms with Crippen LogP contribution in [-0.4, -0.2) is 35.6 Å². The molecule has 0 aromatic carbocycles. The SMILES string of the molecule is N#Cc1nc(N2CC[C@H]3CNC[C@H]32)ccc1[N+](=O)[O-]. The van der Waals surface area contributed by atoms with Gasteiger partial charge in [0.1, 0.15) is 11.9 Å². The Morgan fingerprint density at radius 2 is 2.37 bits per heavy atom. The first kappa shape index (κ1) is 11.9. The Morgan fingerprint density at radius 1 is 1.53 bits per heavy atom. The van der Waals surface area contributed by atoms with Crippen molar-refractivity contribution >= 4 is 11.5 Å². The van der Waals surface area contributed by atoms with Crippen LogP contribution in [0.25, 0.3) is 0 Å². The molecule has 2 saturated heterocycles. The van der Waals surface area contributed by atoms with Gasteiger partial charge in [-0.15, -0.1) is 0 Å². The summed E-state index contributed by atoms with van der Waals surface area (Å²) in [4.78, 5) is 16.5. The molecule has 1 aromatic heterocycles. The normalized spacial score (nSPS) is 25.1. The standard InChI is InChI=1S/C12H13N5O2/c13-5-9-10(17(18)19)1-2-12(15-9)16-4-3-8-6-14-7-11(8)16/h1-2,8,11,14H,3-4,6-7H2/t8-,11+/m0/s1. The van der Waals surface area contributed by atoms with E-state index >= 15 is 0 Å². The van der Waals surface area contributed by atoms with Crippen molar-refractivity contribution in [3.63, 3.8) is 0 Å². The van der Waals surface area contributed by atoms with Gasteiger partial charge < -0.3 is 10.2 Å². The van der Waals surface area contributed by atoms with Crippen molar-refractivity contribution in [3.8, 4) is 6.07 Å². The minimum absolute atomic E-state index is 0.114. The van der Waals surface area contributed by atoms with Gasteiger partial charge in [-0.2, -0.15) is 5.26 Å². The Balaban J connectivity index is 1.94. The Hall–Kier alpha value is -2.20. The van der Waals surface area contributed by atoms with E-state index < -0.39 is 4.92 Å². The molecule has 7 heteroatoms. The number of aromatic nitrogens is 1. The highest BCUT2D eigenvalue weighted by atomic mass is 16.6. The number of nitrogens with one attached hydrogen (secondary N) is 1. The van der Waals surface area contributed by atoms with Crippen molar-refractivity contribution in [2.45, 2.75) is 12.5 Å². The van der Waals surface area contributed by atoms with Gasteiger partial charge in [-0.25, -0.2) is 4.98 Å². The number of fused-ring (bicyclic) bond motifs is 1. The molecule has 19 heavy (non-hydrogen) atoms. The Morgan fingerprint density at radius 3 is 3.11 bits per heavy atom. The summed E-state index contributed by atoms with van der Waals surface area (Å²) in [6.45, 7) is 2.82. The van der Waals surface area contributed by atoms with Gasteiger partial charge >= 0.3 is 5.69 Å². The highest BCUT2D eigenvalue weighted by Crippen LogP contribution is 2.32. The third kappa shape index (κ3) is 1.90. The van der Waals surface area contributed by atoms with E-state index in [0.717, 1.165) is 26.1 Å². The van der Waals surface area contributed by atoms with E-state index in [-0.39, 0.29) is 11.4 Å². The number of hydrogen-bond acceptors (Lipinski definition) is 6. The average molecular weight is 259 g/mol. The first-order valence-corrected chi connectivity index (χ1v) is 6.23. The number of pyridine rings is 1. The molecule has 0 bridgehead atoms. The maximum atomic E-state index is 10.8. The van der Waals surface area contributed by atoms with Gasteiger partial charge in [-0.05, 0) is 18.4 Å². The van der Waals surface area contributed by atoms with Crippen LogP contribution < -0.4 is 10.2 Å². The molecular formula is C12H13N5O2. The number of nitro groups is 1. The lowest BCUT2D eigenvalue weighted by molar-refractivity contribution is -0.385. The third-order valence-electron chi connectivity index (χ3n) is 3.90. The van der Waals surface area contributed by atoms with E-state index in [0.29, 0.717) is 17.8 Å². The molecule has 0 radical (unpaired) electrons. The molecule has 0 amide bonds. The van der Waals surface area contributed by atoms with Crippen molar-refractivity contribution in [2.24, 2.45) is 5.92 Å². The highest BCUT2D eigenvalue weighted by Gasteiger charge is 2.38. The fourth-order valence-corrected chi connectivity index (χ4v) is 2.96. The number of anilines is 1. The van der Waals surface area contributed by atoms with Crippen LogP contribution in [0.15, 0.2) is 12.1 Å². The summed E-state index contributed by atoms with van der Waals surface area (Å²) < 4.78 is 0. The quantitative estimate of drug-likeness (QED) is 0.619. The molecule has 0 aliphatic carbocycles. The van der Waals surface area contributed by atoms with Crippen molar-refractivity contribution in [2.75, 3.05) is 24.5 Å². The van der Waals surface area contributed by atoms with E-state index in [1.807, 2.05) is 0 Å². The molecule has 0 saturated carbocycles. The Labute approximate surface area is 110 Å². The maximum Gasteiger partial charge on any atom is 0.305 e. The van der Waals surface area contributed by atoms with Gasteiger partial charge in [0.25, 0.3) is 0 Å². The summed E-state index contributed by atoms with van der Waals surface area (Å²) in [5.41, 5.74) is -0.344. The topological polar surface area (TPSA) is 95.1 Å². The predicted octanol–water partition coefficient (Wildman–Crippen LogP) is 0.660. The molecule has 1 N–H and O–H groups in total. The molecule has 3 heterocycles. The average Bonchev–Trinajstić information content (AvgIpc) is 3.00. The second-order valence-electron chi connectivity index (χ2n) is 4.87. The van der Waals surface area contributed by atoms with E-state index in [1.165, 1.54) is 6.07 Å². The van der Waals surface area contributed by atoms with Crippen molar-refractivity contribution in [3.05, 3.63) is 27.9 Å². The van der Waals surface area contributed by atoms with Crippen LogP contribution in [-0.2, 0) is 0 Å². The van der Waals surface area contributed by atoms with Gasteiger partial charge in [0.05, 0.1) is 4.92 Å². The van der Waals surface area contributed by atoms with Gasteiger partial charge in [0, 0.05) is 31.7 Å². The van der Waals surface area contributed by atoms with Crippen LogP contribution >= 0.6 is 0 Å². The number of rotatable bonds is 2. The lowest BCUT2D eigenvalue weighted by Gasteiger charge is -2.24. The molecule has 3 rings (SSSR count). The lowest BCUT2D eigenvalue weighted by atomic mass is 10.1. The first-order valence-electron chi connectivity index (χ1n) is 6.23. The number of nitriles is 1. The summed E-state index contributed by atoms with van der Waals surface area (Å²) in [6.07, 6.45) is 1.10. The molecule has 2 atom stereocenters. The van der Waals surface area contributed by atoms with Crippen LogP contribution in [0.3, 0.4) is 0 Å². The molecule has 0 spiro atoms. The summed E-state index contributed by atoms with van der Waals surface area (Å²) >= 11 is 0. The zero-order valence-corrected chi connectivity index (χ0v) is 10.2. The van der Waals surface area contributed by atoms with Gasteiger partial charge in [0.2, 0.25) is 5.69 Å². The zero-order valence-electron chi connectivity index (χ0n) is 10.2. The molecular weight excluding hydrogens is 246 g/mol. The van der Waals surface area contributed by atoms with Gasteiger partial charge in [-0.1, -0.05) is 0 Å². The van der Waals surface area contributed by atoms with Crippen LogP contribution in [0.5, 0.6) is 0 Å². The molecule has 2 fully saturated rings. The molecule has 98 valence electrons. The molecule has 7 nitrogen and oxygen atoms in total. The van der Waals surface area contributed by atoms with Crippen LogP contribution in [0.4, 0.5) is 11.5 Å². The summed E-state index contributed by atoms with van der Waals surface area (Å²) in [7, 11) is 0. The van der Waals surface area contributed by atoms with E-state index in [2.05, 4.69) is 15.2 Å². The Kier molecular flexibility index (Phi) is 2.80. The minimum Gasteiger partial charge on any atom is -0.352 e. The molecule has 2 aliphatic heterocycles. The zero-order chi connectivity index (χ0) is 13.4. The monoisotopic (exact) mass is 259 g/mol. The lowest BCUT2D eigenvalue weighted by Crippen LogP contribution is -2.34. The number of hydrogen-bond donors (Lipinski definition) is 1. The van der Waals surface area contributed by atoms with E-state index in [4.69, 9.17) is 5.26 Å². The molecule has 0 unspecified atom stereocenters. The minimum atomic E-state index is -0.570. The fraction of sp³-hybridized carbons (Fsp3) is 0.500. The second kappa shape index (κ2) is 4.48. The molecule has 2 aliphatic rings. The molecule has 1 aromatic rings. The first-order chi connectivity index (χ1) is 9.20. The second-order valence-corrected chi connectivity index (χ2v) is 4.87. The Bertz CT molecular complexity index is 568. The fourth-order valence-electron chi connectivity index (χ4n) is 2.96. The summed E-state index contributed by atoms with van der Waals surface area (Å²) in [6, 6.07) is 5.20. The van der Waals surface area contributed by atoms with E-state index in [1.54, 1.807) is 12.1 Å². The van der Waals surface area contributed by atoms with Crippen LogP contribution in [0, 0.1) is 27.4 Å². The van der Waals surface area contributed by atoms with Gasteiger partial charge in [0.15, 0.2) is 0 Å². The summed E-state index contributed by atoms with van der Waals surface area (Å²) in [5, 5.41) is 23.1. The van der Waals surface area contributed by atoms with Crippen molar-refractivity contribution < 1.29 is 4.92 Å². The third-order valence-corrected chi connectivity index (χ3v) is 3.90. The smallest absolute Gasteiger partial charge is 0.305 e. The number of nitrogens with zero attached hydrogens (tertiary/aromatic N) is 4. The predicted molar refractivity (Wildman–Crippen MR) is 67.7 cm³/mol. The van der Waals surface area contributed by atoms with Gasteiger partial charge in [-0.3, -0.25) is 10.1 Å². The van der Waals surface area contributed by atoms with Crippen molar-refractivity contribution in [1.82, 2.24) is 10.3 Å². The van der Waals surface area contributed by atoms with Crippen LogP contribution in [0.1, 0.15) is 12.1 Å². The van der Waals surface area contributed by atoms with Crippen LogP contribution in [0.2, 0.25) is 0 Å². The highest BCUT2D eigenvalue weighted by molar-refractivity contribution is 5.53. The van der Waals surface area contributed by atoms with E-state index in [9.17, 15) is 10.1 Å².